The molecule has 2 aliphatic heterocycles. The number of hydrogen-bond donors (Lipinski definition) is 0. The Kier molecular flexibility index (Phi) is 4.02. The van der Waals surface area contributed by atoms with Crippen LogP contribution in [0, 0.1) is 6.92 Å². The molecule has 6 nitrogen and oxygen atoms in total. The van der Waals surface area contributed by atoms with E-state index in [9.17, 15) is 18.0 Å². The van der Waals surface area contributed by atoms with Gasteiger partial charge in [-0.1, -0.05) is 29.8 Å². The maximum Gasteiger partial charge on any atom is 0.411 e. The number of ether oxygens (including phenoxy) is 1. The second-order valence-corrected chi connectivity index (χ2v) is 9.46. The van der Waals surface area contributed by atoms with Crippen molar-refractivity contribution in [1.29, 1.82) is 0 Å². The van der Waals surface area contributed by atoms with Crippen molar-refractivity contribution in [2.75, 3.05) is 0 Å². The highest BCUT2D eigenvalue weighted by atomic mass is 32.2. The van der Waals surface area contributed by atoms with E-state index in [1.54, 1.807) is 45.1 Å². The number of sulfone groups is 1. The van der Waals surface area contributed by atoms with E-state index < -0.39 is 44.6 Å². The van der Waals surface area contributed by atoms with Crippen LogP contribution < -0.4 is 0 Å². The number of carbonyl (C=O) groups excluding carboxylic acids is 2. The van der Waals surface area contributed by atoms with E-state index >= 15 is 0 Å². The molecule has 2 heterocycles. The molecule has 1 amide bonds. The topological polar surface area (TPSA) is 80.8 Å². The quantitative estimate of drug-likeness (QED) is 0.753. The minimum atomic E-state index is -3.90. The molecule has 2 bridgehead atoms. The Labute approximate surface area is 147 Å². The third-order valence-corrected chi connectivity index (χ3v) is 6.39. The molecule has 0 spiro atoms. The fraction of sp³-hybridized carbons (Fsp3) is 0.444. The van der Waals surface area contributed by atoms with Crippen molar-refractivity contribution >= 4 is 21.7 Å². The van der Waals surface area contributed by atoms with Crippen molar-refractivity contribution in [3.8, 4) is 0 Å². The Morgan fingerprint density at radius 2 is 1.72 bits per heavy atom. The second-order valence-electron chi connectivity index (χ2n) is 7.39. The number of Topliss-reactive ketones (excluding diaryl/α,β-unsaturated/α-hetero) is 1. The third-order valence-electron chi connectivity index (χ3n) is 4.28. The molecule has 3 atom stereocenters. The smallest absolute Gasteiger partial charge is 0.411 e. The standard InChI is InChI=1S/C18H21NO5S/c1-11-5-7-12(8-6-11)25(22,23)16-14-10-9-13(15(16)20)19(14)17(21)24-18(2,3)4/h5-10,13-14,16H,1-4H3/t13-,14+,16-/m0/s1. The van der Waals surface area contributed by atoms with Crippen LogP contribution in [0.1, 0.15) is 26.3 Å². The van der Waals surface area contributed by atoms with Gasteiger partial charge in [0.2, 0.25) is 0 Å². The largest absolute Gasteiger partial charge is 0.444 e. The second kappa shape index (κ2) is 5.69. The lowest BCUT2D eigenvalue weighted by atomic mass is 10.1. The highest BCUT2D eigenvalue weighted by molar-refractivity contribution is 7.93. The van der Waals surface area contributed by atoms with Gasteiger partial charge in [-0.2, -0.15) is 0 Å². The summed E-state index contributed by atoms with van der Waals surface area (Å²) in [7, 11) is -3.90. The maximum atomic E-state index is 13.0. The number of fused-ring (bicyclic) bond motifs is 2. The monoisotopic (exact) mass is 363 g/mol. The van der Waals surface area contributed by atoms with Gasteiger partial charge in [0, 0.05) is 0 Å². The summed E-state index contributed by atoms with van der Waals surface area (Å²) in [6.45, 7) is 7.02. The van der Waals surface area contributed by atoms with Crippen LogP contribution in [0.25, 0.3) is 0 Å². The van der Waals surface area contributed by atoms with Crippen molar-refractivity contribution in [2.24, 2.45) is 0 Å². The summed E-state index contributed by atoms with van der Waals surface area (Å²) in [5, 5.41) is -1.29. The van der Waals surface area contributed by atoms with Gasteiger partial charge in [0.15, 0.2) is 20.9 Å². The molecule has 1 aromatic rings. The highest BCUT2D eigenvalue weighted by Crippen LogP contribution is 2.37. The number of ketones is 1. The molecule has 1 fully saturated rings. The van der Waals surface area contributed by atoms with E-state index in [4.69, 9.17) is 4.74 Å². The first kappa shape index (κ1) is 17.7. The van der Waals surface area contributed by atoms with Gasteiger partial charge < -0.3 is 4.74 Å². The van der Waals surface area contributed by atoms with E-state index in [2.05, 4.69) is 0 Å². The molecular formula is C18H21NO5S. The Morgan fingerprint density at radius 3 is 2.28 bits per heavy atom. The van der Waals surface area contributed by atoms with Gasteiger partial charge in [0.25, 0.3) is 0 Å². The van der Waals surface area contributed by atoms with E-state index in [0.717, 1.165) is 5.56 Å². The van der Waals surface area contributed by atoms with Gasteiger partial charge in [-0.25, -0.2) is 13.2 Å². The molecule has 0 radical (unpaired) electrons. The Morgan fingerprint density at radius 1 is 1.12 bits per heavy atom. The zero-order valence-electron chi connectivity index (χ0n) is 14.6. The summed E-state index contributed by atoms with van der Waals surface area (Å²) >= 11 is 0. The van der Waals surface area contributed by atoms with Crippen LogP contribution >= 0.6 is 0 Å². The molecule has 3 rings (SSSR count). The first-order valence-electron chi connectivity index (χ1n) is 8.06. The van der Waals surface area contributed by atoms with E-state index in [1.807, 2.05) is 6.92 Å². The number of amides is 1. The molecule has 7 heteroatoms. The zero-order chi connectivity index (χ0) is 18.6. The summed E-state index contributed by atoms with van der Waals surface area (Å²) in [5.41, 5.74) is 0.196. The van der Waals surface area contributed by atoms with Crippen molar-refractivity contribution in [3.05, 3.63) is 42.0 Å². The Balaban J connectivity index is 1.94. The van der Waals surface area contributed by atoms with E-state index in [0.29, 0.717) is 0 Å². The van der Waals surface area contributed by atoms with Crippen LogP contribution in [0.5, 0.6) is 0 Å². The van der Waals surface area contributed by atoms with Crippen LogP contribution in [-0.2, 0) is 19.4 Å². The molecule has 0 N–H and O–H groups in total. The molecule has 1 saturated heterocycles. The number of aryl methyl sites for hydroxylation is 1. The van der Waals surface area contributed by atoms with Crippen LogP contribution in [0.4, 0.5) is 4.79 Å². The number of hydrogen-bond acceptors (Lipinski definition) is 5. The molecule has 0 unspecified atom stereocenters. The first-order valence-corrected chi connectivity index (χ1v) is 9.61. The fourth-order valence-corrected chi connectivity index (χ4v) is 5.01. The van der Waals surface area contributed by atoms with Gasteiger partial charge in [0.05, 0.1) is 10.9 Å². The van der Waals surface area contributed by atoms with Crippen LogP contribution in [-0.4, -0.2) is 48.1 Å². The lowest BCUT2D eigenvalue weighted by Crippen LogP contribution is -2.43. The molecule has 2 aliphatic rings. The number of nitrogens with zero attached hydrogens (tertiary/aromatic N) is 1. The molecule has 134 valence electrons. The lowest BCUT2D eigenvalue weighted by molar-refractivity contribution is -0.118. The predicted octanol–water partition coefficient (Wildman–Crippen LogP) is 2.26. The summed E-state index contributed by atoms with van der Waals surface area (Å²) in [6, 6.07) is 4.64. The van der Waals surface area contributed by atoms with Gasteiger partial charge in [-0.3, -0.25) is 9.69 Å². The molecule has 25 heavy (non-hydrogen) atoms. The Hall–Kier alpha value is -2.15. The van der Waals surface area contributed by atoms with Crippen LogP contribution in [0.15, 0.2) is 41.3 Å². The van der Waals surface area contributed by atoms with Crippen molar-refractivity contribution < 1.29 is 22.7 Å². The molecular weight excluding hydrogens is 342 g/mol. The number of benzene rings is 1. The summed E-state index contributed by atoms with van der Waals surface area (Å²) in [5.74, 6) is -0.487. The predicted molar refractivity (Wildman–Crippen MR) is 91.9 cm³/mol. The van der Waals surface area contributed by atoms with Gasteiger partial charge in [-0.15, -0.1) is 0 Å². The van der Waals surface area contributed by atoms with E-state index in [-0.39, 0.29) is 4.90 Å². The van der Waals surface area contributed by atoms with Crippen molar-refractivity contribution in [1.82, 2.24) is 4.90 Å². The summed E-state index contributed by atoms with van der Waals surface area (Å²) in [4.78, 5) is 26.4. The van der Waals surface area contributed by atoms with Crippen molar-refractivity contribution in [2.45, 2.75) is 55.5 Å². The summed E-state index contributed by atoms with van der Waals surface area (Å²) in [6.07, 6.45) is 2.49. The molecule has 1 aromatic carbocycles. The third kappa shape index (κ3) is 2.97. The van der Waals surface area contributed by atoms with Crippen molar-refractivity contribution in [3.63, 3.8) is 0 Å². The number of rotatable bonds is 2. The zero-order valence-corrected chi connectivity index (χ0v) is 15.4. The minimum absolute atomic E-state index is 0.0848. The fourth-order valence-electron chi connectivity index (χ4n) is 3.17. The number of carbonyl (C=O) groups is 2. The highest BCUT2D eigenvalue weighted by Gasteiger charge is 2.58. The molecule has 0 aromatic heterocycles. The lowest BCUT2D eigenvalue weighted by Gasteiger charge is -2.27. The maximum absolute atomic E-state index is 13.0. The summed E-state index contributed by atoms with van der Waals surface area (Å²) < 4.78 is 31.3. The minimum Gasteiger partial charge on any atom is -0.444 e. The van der Waals surface area contributed by atoms with Crippen LogP contribution in [0.2, 0.25) is 0 Å². The molecule has 0 saturated carbocycles. The Bertz CT molecular complexity index is 848. The van der Waals surface area contributed by atoms with Gasteiger partial charge in [-0.05, 0) is 39.8 Å². The SMILES string of the molecule is Cc1ccc(S(=O)(=O)[C@@H]2C(=O)[C@@H]3C=C[C@H]2N3C(=O)OC(C)(C)C)cc1. The van der Waals surface area contributed by atoms with Gasteiger partial charge in [0.1, 0.15) is 11.6 Å². The first-order chi connectivity index (χ1) is 11.5. The molecule has 0 aliphatic carbocycles. The van der Waals surface area contributed by atoms with E-state index in [1.165, 1.54) is 17.0 Å². The average molecular weight is 363 g/mol. The average Bonchev–Trinajstić information content (AvgIpc) is 3.01. The van der Waals surface area contributed by atoms with Crippen LogP contribution in [0.3, 0.4) is 0 Å². The normalized spacial score (nSPS) is 25.5. The van der Waals surface area contributed by atoms with Gasteiger partial charge >= 0.3 is 6.09 Å².